The van der Waals surface area contributed by atoms with Gasteiger partial charge in [-0.1, -0.05) is 45.6 Å². The van der Waals surface area contributed by atoms with Crippen LogP contribution in [0.4, 0.5) is 5.69 Å². The van der Waals surface area contributed by atoms with Gasteiger partial charge in [-0.05, 0) is 23.8 Å². The van der Waals surface area contributed by atoms with Crippen LogP contribution in [-0.4, -0.2) is 10.7 Å². The molecule has 0 radical (unpaired) electrons. The molecule has 7 heteroatoms. The summed E-state index contributed by atoms with van der Waals surface area (Å²) in [6.45, 7) is 0. The molecule has 1 aliphatic rings. The Labute approximate surface area is 137 Å². The van der Waals surface area contributed by atoms with E-state index in [4.69, 9.17) is 0 Å². The number of non-ortho nitro benzene ring substituents is 1. The van der Waals surface area contributed by atoms with Gasteiger partial charge in [0.2, 0.25) is 5.78 Å². The van der Waals surface area contributed by atoms with Crippen molar-refractivity contribution in [2.75, 3.05) is 0 Å². The molecular weight excluding hydrogens is 370 g/mol. The third kappa shape index (κ3) is 2.53. The van der Waals surface area contributed by atoms with Crippen LogP contribution in [0.1, 0.15) is 15.9 Å². The number of rotatable bonds is 2. The fraction of sp³-hybridized carbons (Fsp3) is 0. The van der Waals surface area contributed by atoms with Crippen LogP contribution < -0.4 is 5.11 Å². The van der Waals surface area contributed by atoms with Gasteiger partial charge in [0, 0.05) is 27.1 Å². The van der Waals surface area contributed by atoms with Crippen LogP contribution in [0.25, 0.3) is 6.08 Å². The number of nitro groups is 1. The number of nitro benzene ring substituents is 1. The lowest BCUT2D eigenvalue weighted by Crippen LogP contribution is -1.99. The number of fused-ring (bicyclic) bond motifs is 1. The molecule has 0 fully saturated rings. The van der Waals surface area contributed by atoms with Crippen LogP contribution >= 0.6 is 27.7 Å². The average molecular weight is 377 g/mol. The van der Waals surface area contributed by atoms with E-state index in [0.717, 1.165) is 11.0 Å². The first kappa shape index (κ1) is 14.8. The lowest BCUT2D eigenvalue weighted by atomic mass is 10.1. The molecule has 0 amide bonds. The van der Waals surface area contributed by atoms with Crippen LogP contribution in [0.15, 0.2) is 50.7 Å². The molecule has 0 aliphatic carbocycles. The SMILES string of the molecule is O=C1C(=Cc2cc([N+](=O)[O-])cc(Br)c2[O-])Sc2ccccc21. The summed E-state index contributed by atoms with van der Waals surface area (Å²) in [5.41, 5.74) is 0.492. The molecule has 110 valence electrons. The maximum atomic E-state index is 12.3. The van der Waals surface area contributed by atoms with Crippen LogP contribution in [0.5, 0.6) is 5.75 Å². The number of hydrogen-bond acceptors (Lipinski definition) is 5. The Kier molecular flexibility index (Phi) is 3.76. The molecule has 5 nitrogen and oxygen atoms in total. The minimum absolute atomic E-state index is 0.0986. The predicted molar refractivity (Wildman–Crippen MR) is 84.8 cm³/mol. The number of carbonyl (C=O) groups excluding carboxylic acids is 1. The number of ketones is 1. The first-order chi connectivity index (χ1) is 10.5. The molecule has 0 N–H and O–H groups in total. The van der Waals surface area contributed by atoms with Gasteiger partial charge in [-0.25, -0.2) is 0 Å². The third-order valence-corrected chi connectivity index (χ3v) is 4.82. The quantitative estimate of drug-likeness (QED) is 0.452. The normalized spacial score (nSPS) is 15.1. The van der Waals surface area contributed by atoms with E-state index >= 15 is 0 Å². The number of allylic oxidation sites excluding steroid dienone is 1. The zero-order valence-corrected chi connectivity index (χ0v) is 13.3. The fourth-order valence-corrected chi connectivity index (χ4v) is 3.60. The van der Waals surface area contributed by atoms with Crippen molar-refractivity contribution >= 4 is 45.2 Å². The predicted octanol–water partition coefficient (Wildman–Crippen LogP) is 3.76. The zero-order valence-electron chi connectivity index (χ0n) is 10.9. The molecule has 0 atom stereocenters. The summed E-state index contributed by atoms with van der Waals surface area (Å²) < 4.78 is 0.0986. The van der Waals surface area contributed by atoms with E-state index in [1.54, 1.807) is 12.1 Å². The van der Waals surface area contributed by atoms with Gasteiger partial charge in [0.05, 0.1) is 9.83 Å². The molecule has 3 rings (SSSR count). The second-order valence-electron chi connectivity index (χ2n) is 4.54. The topological polar surface area (TPSA) is 83.3 Å². The van der Waals surface area contributed by atoms with Crippen LogP contribution in [0.3, 0.4) is 0 Å². The Hall–Kier alpha value is -2.12. The van der Waals surface area contributed by atoms with E-state index < -0.39 is 4.92 Å². The number of carbonyl (C=O) groups is 1. The fourth-order valence-electron chi connectivity index (χ4n) is 2.09. The standard InChI is InChI=1S/C15H8BrNO4S/c16-11-7-9(17(20)21)5-8(14(11)18)6-13-15(19)10-3-1-2-4-12(10)22-13/h1-7,18H/p-1. The maximum Gasteiger partial charge on any atom is 0.271 e. The Bertz CT molecular complexity index is 847. The molecule has 1 heterocycles. The molecule has 0 spiro atoms. The van der Waals surface area contributed by atoms with Gasteiger partial charge < -0.3 is 5.11 Å². The largest absolute Gasteiger partial charge is 0.871 e. The van der Waals surface area contributed by atoms with Gasteiger partial charge in [-0.15, -0.1) is 0 Å². The van der Waals surface area contributed by atoms with Crippen molar-refractivity contribution in [1.82, 2.24) is 0 Å². The van der Waals surface area contributed by atoms with Crippen molar-refractivity contribution in [2.24, 2.45) is 0 Å². The first-order valence-electron chi connectivity index (χ1n) is 6.15. The van der Waals surface area contributed by atoms with Crippen molar-refractivity contribution in [3.05, 3.63) is 67.0 Å². The van der Waals surface area contributed by atoms with Gasteiger partial charge >= 0.3 is 0 Å². The summed E-state index contributed by atoms with van der Waals surface area (Å²) in [4.78, 5) is 23.8. The highest BCUT2D eigenvalue weighted by Gasteiger charge is 2.25. The van der Waals surface area contributed by atoms with E-state index in [1.807, 2.05) is 12.1 Å². The van der Waals surface area contributed by atoms with E-state index in [9.17, 15) is 20.0 Å². The van der Waals surface area contributed by atoms with Gasteiger partial charge in [0.1, 0.15) is 0 Å². The second-order valence-corrected chi connectivity index (χ2v) is 6.48. The molecule has 0 bridgehead atoms. The molecule has 2 aromatic carbocycles. The Balaban J connectivity index is 2.07. The van der Waals surface area contributed by atoms with E-state index in [2.05, 4.69) is 15.9 Å². The highest BCUT2D eigenvalue weighted by Crippen LogP contribution is 2.42. The lowest BCUT2D eigenvalue weighted by molar-refractivity contribution is -0.385. The van der Waals surface area contributed by atoms with E-state index in [1.165, 1.54) is 23.9 Å². The summed E-state index contributed by atoms with van der Waals surface area (Å²) in [5.74, 6) is -0.565. The molecule has 0 saturated heterocycles. The molecule has 0 saturated carbocycles. The van der Waals surface area contributed by atoms with E-state index in [-0.39, 0.29) is 27.3 Å². The van der Waals surface area contributed by atoms with Crippen molar-refractivity contribution in [3.63, 3.8) is 0 Å². The van der Waals surface area contributed by atoms with Gasteiger partial charge in [0.25, 0.3) is 5.69 Å². The number of thioether (sulfide) groups is 1. The van der Waals surface area contributed by atoms with Gasteiger partial charge in [-0.2, -0.15) is 0 Å². The van der Waals surface area contributed by atoms with Crippen molar-refractivity contribution in [2.45, 2.75) is 4.90 Å². The zero-order chi connectivity index (χ0) is 15.9. The molecule has 0 unspecified atom stereocenters. The lowest BCUT2D eigenvalue weighted by Gasteiger charge is -2.13. The molecule has 22 heavy (non-hydrogen) atoms. The molecular formula is C15H7BrNO4S-. The first-order valence-corrected chi connectivity index (χ1v) is 7.76. The highest BCUT2D eigenvalue weighted by atomic mass is 79.9. The summed E-state index contributed by atoms with van der Waals surface area (Å²) in [6.07, 6.45) is 1.41. The Morgan fingerprint density at radius 1 is 1.23 bits per heavy atom. The second kappa shape index (κ2) is 5.58. The summed E-state index contributed by atoms with van der Waals surface area (Å²) in [7, 11) is 0. The number of benzene rings is 2. The minimum atomic E-state index is -0.579. The Morgan fingerprint density at radius 3 is 2.64 bits per heavy atom. The highest BCUT2D eigenvalue weighted by molar-refractivity contribution is 9.10. The Morgan fingerprint density at radius 2 is 1.95 bits per heavy atom. The van der Waals surface area contributed by atoms with Gasteiger partial charge in [0.15, 0.2) is 0 Å². The number of Topliss-reactive ketones (excluding diaryl/α,β-unsaturated/α-hetero) is 1. The molecule has 0 aromatic heterocycles. The smallest absolute Gasteiger partial charge is 0.271 e. The van der Waals surface area contributed by atoms with Crippen LogP contribution in [0.2, 0.25) is 0 Å². The average Bonchev–Trinajstić information content (AvgIpc) is 2.80. The number of nitrogens with zero attached hydrogens (tertiary/aromatic N) is 1. The number of halogens is 1. The minimum Gasteiger partial charge on any atom is -0.871 e. The van der Waals surface area contributed by atoms with Crippen molar-refractivity contribution in [1.29, 1.82) is 0 Å². The third-order valence-electron chi connectivity index (χ3n) is 3.13. The number of hydrogen-bond donors (Lipinski definition) is 0. The summed E-state index contributed by atoms with van der Waals surface area (Å²) in [6, 6.07) is 9.46. The van der Waals surface area contributed by atoms with Crippen LogP contribution in [0, 0.1) is 10.1 Å². The maximum absolute atomic E-state index is 12.3. The summed E-state index contributed by atoms with van der Waals surface area (Å²) >= 11 is 4.28. The van der Waals surface area contributed by atoms with Gasteiger partial charge in [-0.3, -0.25) is 14.9 Å². The molecule has 1 aliphatic heterocycles. The summed E-state index contributed by atoms with van der Waals surface area (Å²) in [5, 5.41) is 23.0. The monoisotopic (exact) mass is 376 g/mol. The molecule has 2 aromatic rings. The van der Waals surface area contributed by atoms with Crippen LogP contribution in [-0.2, 0) is 0 Å². The van der Waals surface area contributed by atoms with Crippen molar-refractivity contribution < 1.29 is 14.8 Å². The van der Waals surface area contributed by atoms with Crippen molar-refractivity contribution in [3.8, 4) is 5.75 Å². The van der Waals surface area contributed by atoms with E-state index in [0.29, 0.717) is 10.5 Å².